The second-order valence-electron chi connectivity index (χ2n) is 0.462. The van der Waals surface area contributed by atoms with Gasteiger partial charge in [0.1, 0.15) is 0 Å². The Kier molecular flexibility index (Phi) is 2.85. The first-order valence-electron chi connectivity index (χ1n) is 0.909. The molecule has 0 saturated heterocycles. The van der Waals surface area contributed by atoms with Crippen molar-refractivity contribution in [3.8, 4) is 0 Å². The van der Waals surface area contributed by atoms with Gasteiger partial charge in [-0.25, -0.2) is 0 Å². The van der Waals surface area contributed by atoms with Crippen molar-refractivity contribution in [2.45, 2.75) is 0 Å². The van der Waals surface area contributed by atoms with E-state index in [0.29, 0.717) is 0 Å². The third-order valence-electron chi connectivity index (χ3n) is 0.131. The van der Waals surface area contributed by atoms with E-state index in [0.717, 1.165) is 0 Å². The van der Waals surface area contributed by atoms with Gasteiger partial charge in [0.25, 0.3) is 0 Å². The van der Waals surface area contributed by atoms with Crippen LogP contribution in [0.25, 0.3) is 0 Å². The van der Waals surface area contributed by atoms with Crippen LogP contribution in [0, 0.1) is 4.21 Å². The molecule has 0 atom stereocenters. The standard InChI is InChI=1S/ClH.HN.O2S.V/c;;1-3-2;/h2*1H;;/q;;;+1/p-1. The predicted octanol–water partition coefficient (Wildman–Crippen LogP) is 0.315. The Morgan fingerprint density at radius 1 is 1.67 bits per heavy atom. The molecule has 0 aromatic rings. The van der Waals surface area contributed by atoms with Crippen LogP contribution in [-0.2, 0) is 20.7 Å². The van der Waals surface area contributed by atoms with Crippen molar-refractivity contribution in [2.24, 2.45) is 0 Å². The van der Waals surface area contributed by atoms with Gasteiger partial charge < -0.3 is 0 Å². The molecule has 36 valence electrons. The molecule has 0 aromatic heterocycles. The Bertz CT molecular complexity index is 188. The van der Waals surface area contributed by atoms with Crippen LogP contribution in [-0.4, -0.2) is 8.42 Å². The molecule has 0 saturated carbocycles. The average Bonchev–Trinajstić information content (AvgIpc) is 1.36. The zero-order chi connectivity index (χ0) is 5.15. The van der Waals surface area contributed by atoms with E-state index in [-0.39, 0.29) is 0 Å². The van der Waals surface area contributed by atoms with E-state index in [9.17, 15) is 8.42 Å². The molecule has 6 heteroatoms. The quantitative estimate of drug-likeness (QED) is 0.562. The molecule has 0 spiro atoms. The number of halogens is 1. The predicted molar refractivity (Wildman–Crippen MR) is 17.5 cm³/mol. The van der Waals surface area contributed by atoms with Crippen LogP contribution in [0.5, 0.6) is 0 Å². The molecular weight excluding hydrogens is 164 g/mol. The molecule has 0 aliphatic carbocycles. The first-order chi connectivity index (χ1) is 2.64. The number of hydrogen-bond acceptors (Lipinski definition) is 3. The van der Waals surface area contributed by atoms with Crippen LogP contribution < -0.4 is 0 Å². The summed E-state index contributed by atoms with van der Waals surface area (Å²) in [6.45, 7) is 0. The Balaban J connectivity index is 5.20. The van der Waals surface area contributed by atoms with Crippen molar-refractivity contribution in [3.05, 3.63) is 0 Å². The van der Waals surface area contributed by atoms with Gasteiger partial charge >= 0.3 is 43.1 Å². The minimum absolute atomic E-state index is 2.29. The van der Waals surface area contributed by atoms with E-state index < -0.39 is 20.7 Å². The monoisotopic (exact) mass is 165 g/mol. The zero-order valence-corrected chi connectivity index (χ0v) is 5.52. The minimum atomic E-state index is -2.66. The van der Waals surface area contributed by atoms with E-state index in [1.807, 2.05) is 0 Å². The second-order valence-corrected chi connectivity index (χ2v) is 6.78. The number of rotatable bonds is 0. The topological polar surface area (TPSA) is 58.0 Å². The Hall–Kier alpha value is 0.494. The average molecular weight is 165 g/mol. The van der Waals surface area contributed by atoms with Crippen molar-refractivity contribution in [1.82, 2.24) is 0 Å². The Labute approximate surface area is 43.4 Å². The van der Waals surface area contributed by atoms with Crippen LogP contribution in [0.3, 0.4) is 0 Å². The second kappa shape index (κ2) is 2.63. The Morgan fingerprint density at radius 2 is 1.83 bits per heavy atom. The van der Waals surface area contributed by atoms with Gasteiger partial charge in [-0.3, -0.25) is 0 Å². The van der Waals surface area contributed by atoms with Crippen molar-refractivity contribution >= 4 is 18.2 Å². The molecule has 3 nitrogen and oxygen atoms in total. The van der Waals surface area contributed by atoms with Crippen LogP contribution in [0.2, 0.25) is 0 Å². The summed E-state index contributed by atoms with van der Waals surface area (Å²) in [5.74, 6) is 0. The van der Waals surface area contributed by atoms with Gasteiger partial charge in [-0.05, 0) is 0 Å². The van der Waals surface area contributed by atoms with Gasteiger partial charge in [-0.1, -0.05) is 0 Å². The summed E-state index contributed by atoms with van der Waals surface area (Å²) in [6.07, 6.45) is 0. The van der Waals surface area contributed by atoms with Gasteiger partial charge in [0, 0.05) is 0 Å². The van der Waals surface area contributed by atoms with Crippen molar-refractivity contribution in [3.63, 3.8) is 0 Å². The molecule has 0 bridgehead atoms. The van der Waals surface area contributed by atoms with Crippen LogP contribution >= 0.6 is 9.85 Å². The first-order valence-corrected chi connectivity index (χ1v) is 6.27. The molecule has 0 rings (SSSR count). The molecule has 0 aliphatic heterocycles. The molecule has 0 amide bonds. The van der Waals surface area contributed by atoms with Gasteiger partial charge in [0.2, 0.25) is 0 Å². The molecular formula is HClNO2SV. The van der Waals surface area contributed by atoms with E-state index in [1.54, 1.807) is 0 Å². The van der Waals surface area contributed by atoms with E-state index in [2.05, 4.69) is 0 Å². The summed E-state index contributed by atoms with van der Waals surface area (Å²) >= 11 is -2.66. The van der Waals surface area contributed by atoms with Gasteiger partial charge in [-0.2, -0.15) is 0 Å². The van der Waals surface area contributed by atoms with Gasteiger partial charge in [-0.15, -0.1) is 0 Å². The molecule has 1 N–H and O–H groups in total. The molecule has 0 unspecified atom stereocenters. The Morgan fingerprint density at radius 3 is 1.83 bits per heavy atom. The third-order valence-corrected chi connectivity index (χ3v) is 3.01. The van der Waals surface area contributed by atoms with E-state index >= 15 is 0 Å². The number of hydrogen-bond donors (Lipinski definition) is 1. The molecule has 0 heterocycles. The number of nitrogens with one attached hydrogen (secondary N) is 1. The normalized spacial score (nSPS) is 7.50. The zero-order valence-electron chi connectivity index (χ0n) is 2.55. The van der Waals surface area contributed by atoms with Crippen LogP contribution in [0.1, 0.15) is 0 Å². The maximum absolute atomic E-state index is 9.44. The maximum atomic E-state index is 9.44. The summed E-state index contributed by atoms with van der Waals surface area (Å²) in [4.78, 5) is 0. The summed E-state index contributed by atoms with van der Waals surface area (Å²) in [5, 5.41) is 0. The van der Waals surface area contributed by atoms with Crippen molar-refractivity contribution < 1.29 is 20.7 Å². The molecule has 0 fully saturated rings. The van der Waals surface area contributed by atoms with Gasteiger partial charge in [0.05, 0.1) is 0 Å². The fourth-order valence-electron chi connectivity index (χ4n) is 0. The fraction of sp³-hybridized carbons (Fsp3) is 0. The molecule has 6 heavy (non-hydrogen) atoms. The summed E-state index contributed by atoms with van der Waals surface area (Å²) in [7, 11) is 2.52. The van der Waals surface area contributed by atoms with E-state index in [1.165, 1.54) is 0 Å². The fourth-order valence-corrected chi connectivity index (χ4v) is 0. The van der Waals surface area contributed by atoms with Crippen molar-refractivity contribution in [1.29, 1.82) is 4.21 Å². The first kappa shape index (κ1) is 6.49. The summed E-state index contributed by atoms with van der Waals surface area (Å²) in [6, 6.07) is 0. The van der Waals surface area contributed by atoms with Crippen molar-refractivity contribution in [2.75, 3.05) is 0 Å². The van der Waals surface area contributed by atoms with Crippen LogP contribution in [0.4, 0.5) is 0 Å². The summed E-state index contributed by atoms with van der Waals surface area (Å²) < 4.78 is 25.2. The molecule has 0 radical (unpaired) electrons. The van der Waals surface area contributed by atoms with Crippen LogP contribution in [0.15, 0.2) is 0 Å². The summed E-state index contributed by atoms with van der Waals surface area (Å²) in [5.41, 5.74) is 0. The molecule has 0 aromatic carbocycles. The van der Waals surface area contributed by atoms with Gasteiger partial charge in [0.15, 0.2) is 0 Å². The third kappa shape index (κ3) is 2.72. The SMILES string of the molecule is [NH]=[V]([Cl])=[S](=O)=O. The van der Waals surface area contributed by atoms with E-state index in [4.69, 9.17) is 14.1 Å². The molecule has 0 aliphatic rings.